The van der Waals surface area contributed by atoms with E-state index in [1.54, 1.807) is 29.2 Å². The molecule has 5 rings (SSSR count). The van der Waals surface area contributed by atoms with Crippen LogP contribution in [0, 0.1) is 11.3 Å². The number of nitrogens with zero attached hydrogens (tertiary/aromatic N) is 4. The largest absolute Gasteiger partial charge is 0.583 e. The third-order valence-electron chi connectivity index (χ3n) is 7.97. The molecule has 45 heavy (non-hydrogen) atoms. The van der Waals surface area contributed by atoms with Crippen LogP contribution in [0.1, 0.15) is 42.0 Å². The zero-order valence-electron chi connectivity index (χ0n) is 24.9. The number of para-hydroxylation sites is 1. The van der Waals surface area contributed by atoms with Crippen LogP contribution < -0.4 is 10.2 Å². The number of benzene rings is 3. The number of aromatic hydroxyl groups is 1. The number of alkyl halides is 3. The maximum absolute atomic E-state index is 13.8. The Morgan fingerprint density at radius 1 is 0.978 bits per heavy atom. The minimum atomic E-state index is -4.59. The van der Waals surface area contributed by atoms with Crippen LogP contribution in [0.3, 0.4) is 0 Å². The second kappa shape index (κ2) is 13.9. The number of anilines is 1. The molecule has 2 aliphatic heterocycles. The summed E-state index contributed by atoms with van der Waals surface area (Å²) < 4.78 is 45.2. The van der Waals surface area contributed by atoms with Gasteiger partial charge < -0.3 is 19.9 Å². The number of carbonyl (C=O) groups excluding carboxylic acids is 2. The molecule has 0 saturated heterocycles. The highest BCUT2D eigenvalue weighted by molar-refractivity contribution is 6.07. The van der Waals surface area contributed by atoms with E-state index < -0.39 is 23.8 Å². The average Bonchev–Trinajstić information content (AvgIpc) is 3.36. The molecule has 0 aromatic heterocycles. The highest BCUT2D eigenvalue weighted by atomic mass is 19.4. The van der Waals surface area contributed by atoms with Gasteiger partial charge in [0.2, 0.25) is 0 Å². The van der Waals surface area contributed by atoms with Gasteiger partial charge in [0, 0.05) is 31.6 Å². The Morgan fingerprint density at radius 2 is 1.71 bits per heavy atom. The second-order valence-corrected chi connectivity index (χ2v) is 11.2. The number of aliphatic hydroxyl groups is 1. The summed E-state index contributed by atoms with van der Waals surface area (Å²) in [5, 5.41) is 12.0. The summed E-state index contributed by atoms with van der Waals surface area (Å²) in [5.74, 6) is 0.698. The van der Waals surface area contributed by atoms with E-state index in [1.165, 1.54) is 17.0 Å². The van der Waals surface area contributed by atoms with Crippen molar-refractivity contribution in [1.29, 1.82) is 5.26 Å². The van der Waals surface area contributed by atoms with E-state index in [0.717, 1.165) is 56.8 Å². The molecule has 2 aliphatic rings. The molecule has 3 aromatic carbocycles. The number of nitrogens with one attached hydrogen (secondary N) is 1. The van der Waals surface area contributed by atoms with Crippen molar-refractivity contribution in [1.82, 2.24) is 15.1 Å². The van der Waals surface area contributed by atoms with Gasteiger partial charge in [-0.3, -0.25) is 9.69 Å². The minimum Gasteiger partial charge on any atom is -0.583 e. The first-order chi connectivity index (χ1) is 21.7. The molecular formula is C34H35F3N5O3+. The monoisotopic (exact) mass is 618 g/mol. The lowest BCUT2D eigenvalue weighted by Gasteiger charge is -2.34. The first-order valence-electron chi connectivity index (χ1n) is 14.9. The molecule has 234 valence electrons. The number of ether oxygens (including phenoxy) is 1. The van der Waals surface area contributed by atoms with Crippen LogP contribution in [-0.4, -0.2) is 66.3 Å². The molecule has 0 bridgehead atoms. The van der Waals surface area contributed by atoms with E-state index in [2.05, 4.69) is 22.0 Å². The van der Waals surface area contributed by atoms with Crippen LogP contribution in [0.25, 0.3) is 0 Å². The van der Waals surface area contributed by atoms with Crippen LogP contribution in [0.4, 0.5) is 23.7 Å². The molecule has 3 aromatic rings. The lowest BCUT2D eigenvalue weighted by atomic mass is 9.94. The zero-order chi connectivity index (χ0) is 32.0. The summed E-state index contributed by atoms with van der Waals surface area (Å²) in [6, 6.07) is 21.6. The molecule has 1 atom stereocenters. The quantitative estimate of drug-likeness (QED) is 0.200. The summed E-state index contributed by atoms with van der Waals surface area (Å²) in [4.78, 5) is 32.3. The van der Waals surface area contributed by atoms with Crippen molar-refractivity contribution in [2.45, 2.75) is 31.5 Å². The topological polar surface area (TPSA) is 92.5 Å². The fraction of sp³-hybridized carbons (Fsp3) is 0.324. The highest BCUT2D eigenvalue weighted by Gasteiger charge is 2.45. The Labute approximate surface area is 260 Å². The normalized spacial score (nSPS) is 16.6. The fourth-order valence-electron chi connectivity index (χ4n) is 5.65. The Morgan fingerprint density at radius 3 is 2.42 bits per heavy atom. The smallest absolute Gasteiger partial charge is 0.416 e. The van der Waals surface area contributed by atoms with Gasteiger partial charge in [-0.2, -0.15) is 18.4 Å². The molecule has 0 spiro atoms. The van der Waals surface area contributed by atoms with Crippen molar-refractivity contribution in [3.05, 3.63) is 107 Å². The van der Waals surface area contributed by atoms with Gasteiger partial charge in [0.1, 0.15) is 0 Å². The van der Waals surface area contributed by atoms with E-state index in [-0.39, 0.29) is 18.1 Å². The molecule has 3 amide bonds. The first kappa shape index (κ1) is 31.6. The van der Waals surface area contributed by atoms with Crippen molar-refractivity contribution in [3.63, 3.8) is 0 Å². The molecular weight excluding hydrogens is 583 g/mol. The average molecular weight is 619 g/mol. The van der Waals surface area contributed by atoms with Crippen molar-refractivity contribution in [2.75, 3.05) is 44.7 Å². The van der Waals surface area contributed by atoms with E-state index in [1.807, 2.05) is 36.4 Å². The number of carbonyl (C=O) groups is 2. The van der Waals surface area contributed by atoms with Crippen LogP contribution in [0.15, 0.2) is 90.1 Å². The summed E-state index contributed by atoms with van der Waals surface area (Å²) in [6.45, 7) is 3.00. The molecule has 2 N–H and O–H groups in total. The van der Waals surface area contributed by atoms with Gasteiger partial charge in [-0.05, 0) is 62.3 Å². The molecule has 0 aliphatic carbocycles. The van der Waals surface area contributed by atoms with Crippen molar-refractivity contribution >= 4 is 17.6 Å². The molecule has 2 heterocycles. The predicted octanol–water partition coefficient (Wildman–Crippen LogP) is 5.99. The number of amides is 3. The Bertz CT molecular complexity index is 1590. The predicted molar refractivity (Wildman–Crippen MR) is 164 cm³/mol. The lowest BCUT2D eigenvalue weighted by Crippen LogP contribution is -2.47. The second-order valence-electron chi connectivity index (χ2n) is 11.2. The van der Waals surface area contributed by atoms with Crippen LogP contribution >= 0.6 is 0 Å². The van der Waals surface area contributed by atoms with Crippen molar-refractivity contribution in [3.8, 4) is 11.8 Å². The SMILES string of the molecule is CN(CCCCN1CC2=C(C1=O)[C@@H](c1ccc(C#N)cc1)NC(=O)N2c1cccc(C(F)(F)F)c1)CCC[OH+]c1ccccc1. The number of rotatable bonds is 12. The van der Waals surface area contributed by atoms with E-state index in [0.29, 0.717) is 28.9 Å². The Balaban J connectivity index is 1.25. The Hall–Kier alpha value is -4.82. The minimum absolute atomic E-state index is 0.0309. The van der Waals surface area contributed by atoms with Crippen LogP contribution in [0.5, 0.6) is 5.75 Å². The fourth-order valence-corrected chi connectivity index (χ4v) is 5.65. The number of nitriles is 1. The van der Waals surface area contributed by atoms with Gasteiger partial charge in [0.15, 0.2) is 6.61 Å². The number of hydrogen-bond acceptors (Lipinski definition) is 4. The number of urea groups is 1. The van der Waals surface area contributed by atoms with Gasteiger partial charge in [-0.25, -0.2) is 4.79 Å². The number of hydrogen-bond donors (Lipinski definition) is 1. The summed E-state index contributed by atoms with van der Waals surface area (Å²) in [6.07, 6.45) is -2.10. The highest BCUT2D eigenvalue weighted by Crippen LogP contribution is 2.40. The maximum Gasteiger partial charge on any atom is 0.416 e. The number of unbranched alkanes of at least 4 members (excludes halogenated alkanes) is 1. The molecule has 0 radical (unpaired) electrons. The molecule has 0 unspecified atom stereocenters. The van der Waals surface area contributed by atoms with Crippen molar-refractivity contribution < 1.29 is 27.5 Å². The van der Waals surface area contributed by atoms with Gasteiger partial charge in [0.05, 0.1) is 46.7 Å². The van der Waals surface area contributed by atoms with Crippen LogP contribution in [-0.2, 0) is 11.0 Å². The Kier molecular flexibility index (Phi) is 9.74. The van der Waals surface area contributed by atoms with E-state index >= 15 is 0 Å². The molecule has 8 nitrogen and oxygen atoms in total. The third kappa shape index (κ3) is 7.46. The van der Waals surface area contributed by atoms with Crippen molar-refractivity contribution in [2.24, 2.45) is 0 Å². The summed E-state index contributed by atoms with van der Waals surface area (Å²) in [7, 11) is 2.05. The van der Waals surface area contributed by atoms with Gasteiger partial charge in [-0.1, -0.05) is 36.4 Å². The lowest BCUT2D eigenvalue weighted by molar-refractivity contribution is -0.137. The van der Waals surface area contributed by atoms with Gasteiger partial charge in [-0.15, -0.1) is 0 Å². The number of halogens is 3. The summed E-state index contributed by atoms with van der Waals surface area (Å²) >= 11 is 0. The van der Waals surface area contributed by atoms with E-state index in [4.69, 9.17) is 0 Å². The molecule has 0 fully saturated rings. The third-order valence-corrected chi connectivity index (χ3v) is 7.97. The summed E-state index contributed by atoms with van der Waals surface area (Å²) in [5.41, 5.74) is 0.851. The van der Waals surface area contributed by atoms with Gasteiger partial charge in [0.25, 0.3) is 11.7 Å². The maximum atomic E-state index is 13.8. The van der Waals surface area contributed by atoms with E-state index in [9.17, 15) is 28.0 Å². The molecule has 0 saturated carbocycles. The van der Waals surface area contributed by atoms with Crippen LogP contribution in [0.2, 0.25) is 0 Å². The van der Waals surface area contributed by atoms with Gasteiger partial charge >= 0.3 is 12.2 Å². The standard InChI is InChI=1S/C34H34F3N5O3/c1-40(18-8-20-45-28-11-3-2-4-12-28)17-5-6-19-41-23-29-30(32(41)43)31(25-15-13-24(22-38)14-16-25)39-33(44)42(29)27-10-7-9-26(21-27)34(35,36)37/h2-4,7,9-16,21,31H,5-6,8,17-20,23H2,1H3,(H,39,44)/p+1/t31-/m1/s1. The molecule has 11 heteroatoms. The zero-order valence-corrected chi connectivity index (χ0v) is 24.9. The first-order valence-corrected chi connectivity index (χ1v) is 14.9.